The van der Waals surface area contributed by atoms with Crippen molar-refractivity contribution in [3.8, 4) is 0 Å². The Morgan fingerprint density at radius 1 is 1.11 bits per heavy atom. The van der Waals surface area contributed by atoms with E-state index in [2.05, 4.69) is 29.6 Å². The van der Waals surface area contributed by atoms with Crippen molar-refractivity contribution in [2.45, 2.75) is 44.2 Å². The SMILES string of the molecule is C1=CCC2[NH2+]C3CCCCC3=CC2=C1.[O-][Cl+3]([O-])([O-])[O-]. The fourth-order valence-electron chi connectivity index (χ4n) is 2.97. The second-order valence-corrected chi connectivity index (χ2v) is 5.83. The minimum atomic E-state index is -4.94. The lowest BCUT2D eigenvalue weighted by Crippen LogP contribution is -2.96. The Balaban J connectivity index is 0.000000232. The van der Waals surface area contributed by atoms with Crippen molar-refractivity contribution in [3.05, 3.63) is 35.5 Å². The third-order valence-electron chi connectivity index (χ3n) is 3.77. The summed E-state index contributed by atoms with van der Waals surface area (Å²) in [5, 5.41) is 2.60. The van der Waals surface area contributed by atoms with Crippen LogP contribution in [0.2, 0.25) is 0 Å². The van der Waals surface area contributed by atoms with Crippen molar-refractivity contribution < 1.29 is 34.2 Å². The average molecular weight is 288 g/mol. The molecule has 1 heterocycles. The Morgan fingerprint density at radius 3 is 2.58 bits per heavy atom. The minimum Gasteiger partial charge on any atom is -0.334 e. The number of fused-ring (bicyclic) bond motifs is 2. The van der Waals surface area contributed by atoms with E-state index in [1.165, 1.54) is 32.1 Å². The Bertz CT molecular complexity index is 405. The molecule has 0 amide bonds. The van der Waals surface area contributed by atoms with Crippen molar-refractivity contribution in [3.63, 3.8) is 0 Å². The Labute approximate surface area is 114 Å². The lowest BCUT2D eigenvalue weighted by atomic mass is 9.82. The molecule has 3 rings (SSSR count). The molecule has 1 fully saturated rings. The molecule has 19 heavy (non-hydrogen) atoms. The van der Waals surface area contributed by atoms with Gasteiger partial charge in [-0.05, 0) is 30.9 Å². The van der Waals surface area contributed by atoms with Gasteiger partial charge in [-0.1, -0.05) is 18.2 Å². The second-order valence-electron chi connectivity index (χ2n) is 5.08. The van der Waals surface area contributed by atoms with Crippen LogP contribution in [0, 0.1) is 10.2 Å². The maximum atomic E-state index is 8.49. The lowest BCUT2D eigenvalue weighted by molar-refractivity contribution is -2.00. The standard InChI is InChI=1S/C13H17N.ClHO4/c1-3-7-12-10(5-1)9-11-6-2-4-8-13(11)14-12;2-1(3,4)5/h1,3,5,9,12-14H,2,4,6-8H2;(H,2,3,4,5). The normalized spacial score (nSPS) is 29.3. The molecule has 0 spiro atoms. The number of allylic oxidation sites excluding steroid dienone is 2. The summed E-state index contributed by atoms with van der Waals surface area (Å²) < 4.78 is 34.0. The minimum absolute atomic E-state index is 0.729. The van der Waals surface area contributed by atoms with E-state index in [9.17, 15) is 0 Å². The molecule has 0 aromatic heterocycles. The molecule has 0 aromatic carbocycles. The average Bonchev–Trinajstić information content (AvgIpc) is 2.34. The maximum absolute atomic E-state index is 8.49. The van der Waals surface area contributed by atoms with Gasteiger partial charge in [-0.3, -0.25) is 0 Å². The van der Waals surface area contributed by atoms with E-state index in [1.54, 1.807) is 11.1 Å². The van der Waals surface area contributed by atoms with Crippen LogP contribution in [0.25, 0.3) is 0 Å². The molecule has 106 valence electrons. The molecule has 0 radical (unpaired) electrons. The van der Waals surface area contributed by atoms with Crippen LogP contribution < -0.4 is 24.0 Å². The molecule has 6 heteroatoms. The van der Waals surface area contributed by atoms with Crippen molar-refractivity contribution in [1.82, 2.24) is 0 Å². The molecule has 1 saturated carbocycles. The first-order valence-corrected chi connectivity index (χ1v) is 7.71. The molecule has 3 aliphatic rings. The summed E-state index contributed by atoms with van der Waals surface area (Å²) in [6, 6.07) is 1.55. The largest absolute Gasteiger partial charge is 0.334 e. The van der Waals surface area contributed by atoms with Gasteiger partial charge in [0.2, 0.25) is 0 Å². The molecule has 5 nitrogen and oxygen atoms in total. The Kier molecular flexibility index (Phi) is 4.78. The fourth-order valence-corrected chi connectivity index (χ4v) is 2.97. The summed E-state index contributed by atoms with van der Waals surface area (Å²) in [5.41, 5.74) is 3.26. The number of quaternary nitrogens is 1. The third kappa shape index (κ3) is 4.72. The van der Waals surface area contributed by atoms with Crippen LogP contribution in [-0.4, -0.2) is 12.1 Å². The number of hydrogen-bond donors (Lipinski definition) is 1. The van der Waals surface area contributed by atoms with Crippen LogP contribution in [-0.2, 0) is 0 Å². The summed E-state index contributed by atoms with van der Waals surface area (Å²) in [4.78, 5) is 0. The number of halogens is 1. The van der Waals surface area contributed by atoms with Gasteiger partial charge in [-0.25, -0.2) is 18.6 Å². The summed E-state index contributed by atoms with van der Waals surface area (Å²) in [7, 11) is -4.94. The van der Waals surface area contributed by atoms with Gasteiger partial charge in [0, 0.05) is 18.4 Å². The van der Waals surface area contributed by atoms with Gasteiger partial charge in [-0.15, -0.1) is 10.2 Å². The molecule has 2 atom stereocenters. The van der Waals surface area contributed by atoms with Crippen LogP contribution in [0.15, 0.2) is 35.5 Å². The number of rotatable bonds is 0. The van der Waals surface area contributed by atoms with E-state index in [1.807, 2.05) is 0 Å². The Hall–Kier alpha value is -0.690. The monoisotopic (exact) mass is 287 g/mol. The summed E-state index contributed by atoms with van der Waals surface area (Å²) in [6.07, 6.45) is 16.1. The third-order valence-corrected chi connectivity index (χ3v) is 3.77. The molecule has 2 aliphatic carbocycles. The van der Waals surface area contributed by atoms with Crippen molar-refractivity contribution in [2.75, 3.05) is 0 Å². The summed E-state index contributed by atoms with van der Waals surface area (Å²) >= 11 is 0. The van der Waals surface area contributed by atoms with Gasteiger partial charge in [-0.2, -0.15) is 0 Å². The fraction of sp³-hybridized carbons (Fsp3) is 0.538. The van der Waals surface area contributed by atoms with Gasteiger partial charge in [0.05, 0.1) is 0 Å². The van der Waals surface area contributed by atoms with E-state index in [-0.39, 0.29) is 0 Å². The van der Waals surface area contributed by atoms with Gasteiger partial charge in [0.25, 0.3) is 0 Å². The van der Waals surface area contributed by atoms with Crippen LogP contribution in [0.3, 0.4) is 0 Å². The quantitative estimate of drug-likeness (QED) is 0.510. The topological polar surface area (TPSA) is 109 Å². The van der Waals surface area contributed by atoms with Crippen molar-refractivity contribution >= 4 is 0 Å². The molecule has 0 bridgehead atoms. The summed E-state index contributed by atoms with van der Waals surface area (Å²) in [5.74, 6) is 0. The highest BCUT2D eigenvalue weighted by atomic mass is 35.7. The van der Waals surface area contributed by atoms with Crippen LogP contribution >= 0.6 is 0 Å². The smallest absolute Gasteiger partial charge is 0.115 e. The zero-order valence-corrected chi connectivity index (χ0v) is 11.3. The molecule has 1 aliphatic heterocycles. The highest BCUT2D eigenvalue weighted by Crippen LogP contribution is 2.27. The van der Waals surface area contributed by atoms with E-state index in [0.717, 1.165) is 12.1 Å². The van der Waals surface area contributed by atoms with E-state index in [0.29, 0.717) is 0 Å². The van der Waals surface area contributed by atoms with Crippen LogP contribution in [0.4, 0.5) is 0 Å². The Morgan fingerprint density at radius 2 is 1.84 bits per heavy atom. The molecule has 0 aromatic rings. The first-order valence-electron chi connectivity index (χ1n) is 6.47. The zero-order chi connectivity index (χ0) is 13.9. The van der Waals surface area contributed by atoms with Gasteiger partial charge in [0.15, 0.2) is 0 Å². The van der Waals surface area contributed by atoms with Gasteiger partial charge in [0.1, 0.15) is 12.1 Å². The highest BCUT2D eigenvalue weighted by Gasteiger charge is 2.31. The van der Waals surface area contributed by atoms with Crippen molar-refractivity contribution in [1.29, 1.82) is 0 Å². The lowest BCUT2D eigenvalue weighted by Gasteiger charge is -2.33. The van der Waals surface area contributed by atoms with E-state index < -0.39 is 10.2 Å². The van der Waals surface area contributed by atoms with E-state index in [4.69, 9.17) is 18.6 Å². The molecular weight excluding hydrogens is 270 g/mol. The molecular formula is C13H18ClNO4. The zero-order valence-electron chi connectivity index (χ0n) is 10.6. The first kappa shape index (κ1) is 14.7. The van der Waals surface area contributed by atoms with Gasteiger partial charge >= 0.3 is 0 Å². The maximum Gasteiger partial charge on any atom is 0.115 e. The van der Waals surface area contributed by atoms with Crippen molar-refractivity contribution in [2.24, 2.45) is 0 Å². The van der Waals surface area contributed by atoms with Crippen LogP contribution in [0.1, 0.15) is 32.1 Å². The predicted molar refractivity (Wildman–Crippen MR) is 57.9 cm³/mol. The molecule has 2 unspecified atom stereocenters. The van der Waals surface area contributed by atoms with Gasteiger partial charge < -0.3 is 5.32 Å². The van der Waals surface area contributed by atoms with E-state index >= 15 is 0 Å². The second kappa shape index (κ2) is 6.17. The molecule has 2 N–H and O–H groups in total. The highest BCUT2D eigenvalue weighted by molar-refractivity contribution is 5.36. The number of hydrogen-bond acceptors (Lipinski definition) is 4. The molecule has 0 saturated heterocycles. The number of nitrogens with two attached hydrogens (primary N) is 1. The predicted octanol–water partition coefficient (Wildman–Crippen LogP) is -3.07. The van der Waals surface area contributed by atoms with Crippen LogP contribution in [0.5, 0.6) is 0 Å². The first-order chi connectivity index (χ1) is 8.93. The summed E-state index contributed by atoms with van der Waals surface area (Å²) in [6.45, 7) is 0.